The monoisotopic (exact) mass is 350 g/mol. The van der Waals surface area contributed by atoms with Crippen LogP contribution in [0.15, 0.2) is 41.0 Å². The minimum absolute atomic E-state index is 0.284. The molecule has 0 saturated carbocycles. The number of hydrogen-bond acceptors (Lipinski definition) is 2. The van der Waals surface area contributed by atoms with Gasteiger partial charge in [0.25, 0.3) is 0 Å². The predicted octanol–water partition coefficient (Wildman–Crippen LogP) is 3.71. The molecule has 112 valence electrons. The van der Waals surface area contributed by atoms with Crippen LogP contribution in [0.1, 0.15) is 31.1 Å². The van der Waals surface area contributed by atoms with Crippen LogP contribution in [-0.2, 0) is 17.6 Å². The number of halogens is 1. The van der Waals surface area contributed by atoms with Crippen LogP contribution in [0.4, 0.5) is 0 Å². The van der Waals surface area contributed by atoms with Crippen LogP contribution in [0.2, 0.25) is 0 Å². The number of aromatic nitrogens is 2. The van der Waals surface area contributed by atoms with Gasteiger partial charge in [-0.15, -0.1) is 0 Å². The summed E-state index contributed by atoms with van der Waals surface area (Å²) in [5.41, 5.74) is 1.84. The molecule has 4 nitrogen and oxygen atoms in total. The Labute approximate surface area is 132 Å². The first kappa shape index (κ1) is 15.8. The molecular weight excluding hydrogens is 332 g/mol. The lowest BCUT2D eigenvalue weighted by atomic mass is 9.95. The van der Waals surface area contributed by atoms with Gasteiger partial charge in [-0.05, 0) is 44.0 Å². The Morgan fingerprint density at radius 1 is 1.33 bits per heavy atom. The SMILES string of the molecule is CC(C)n1ccc(CC(Cc2cccc(Br)c2)C(=O)O)n1. The van der Waals surface area contributed by atoms with Crippen LogP contribution in [0, 0.1) is 5.92 Å². The van der Waals surface area contributed by atoms with Gasteiger partial charge in [0.05, 0.1) is 11.6 Å². The molecule has 1 unspecified atom stereocenters. The molecule has 0 fully saturated rings. The Bertz CT molecular complexity index is 622. The topological polar surface area (TPSA) is 55.1 Å². The molecule has 0 saturated heterocycles. The van der Waals surface area contributed by atoms with E-state index in [-0.39, 0.29) is 6.04 Å². The van der Waals surface area contributed by atoms with Crippen molar-refractivity contribution in [1.29, 1.82) is 0 Å². The van der Waals surface area contributed by atoms with Crippen molar-refractivity contribution in [3.05, 3.63) is 52.3 Å². The minimum Gasteiger partial charge on any atom is -0.481 e. The smallest absolute Gasteiger partial charge is 0.307 e. The molecule has 1 atom stereocenters. The summed E-state index contributed by atoms with van der Waals surface area (Å²) in [6, 6.07) is 9.95. The van der Waals surface area contributed by atoms with E-state index in [0.717, 1.165) is 15.7 Å². The van der Waals surface area contributed by atoms with E-state index < -0.39 is 11.9 Å². The van der Waals surface area contributed by atoms with Crippen LogP contribution in [0.3, 0.4) is 0 Å². The molecule has 1 N–H and O–H groups in total. The molecule has 1 aromatic heterocycles. The highest BCUT2D eigenvalue weighted by Crippen LogP contribution is 2.18. The fraction of sp³-hybridized carbons (Fsp3) is 0.375. The Hall–Kier alpha value is -1.62. The van der Waals surface area contributed by atoms with Crippen molar-refractivity contribution in [3.63, 3.8) is 0 Å². The second-order valence-corrected chi connectivity index (χ2v) is 6.37. The van der Waals surface area contributed by atoms with E-state index in [0.29, 0.717) is 12.8 Å². The number of rotatable bonds is 6. The van der Waals surface area contributed by atoms with Crippen LogP contribution in [0.25, 0.3) is 0 Å². The quantitative estimate of drug-likeness (QED) is 0.863. The van der Waals surface area contributed by atoms with Crippen molar-refractivity contribution < 1.29 is 9.90 Å². The van der Waals surface area contributed by atoms with Gasteiger partial charge in [-0.3, -0.25) is 9.48 Å². The zero-order chi connectivity index (χ0) is 15.4. The third-order valence-corrected chi connectivity index (χ3v) is 3.86. The van der Waals surface area contributed by atoms with E-state index in [1.807, 2.05) is 55.1 Å². The summed E-state index contributed by atoms with van der Waals surface area (Å²) < 4.78 is 2.82. The van der Waals surface area contributed by atoms with Crippen LogP contribution < -0.4 is 0 Å². The molecule has 21 heavy (non-hydrogen) atoms. The van der Waals surface area contributed by atoms with Gasteiger partial charge in [-0.1, -0.05) is 28.1 Å². The summed E-state index contributed by atoms with van der Waals surface area (Å²) in [6.45, 7) is 4.10. The second-order valence-electron chi connectivity index (χ2n) is 5.45. The maximum absolute atomic E-state index is 11.5. The predicted molar refractivity (Wildman–Crippen MR) is 85.3 cm³/mol. The zero-order valence-corrected chi connectivity index (χ0v) is 13.7. The summed E-state index contributed by atoms with van der Waals surface area (Å²) in [5.74, 6) is -1.25. The van der Waals surface area contributed by atoms with Gasteiger partial charge in [0, 0.05) is 23.1 Å². The van der Waals surface area contributed by atoms with Crippen LogP contribution in [0.5, 0.6) is 0 Å². The number of nitrogens with zero attached hydrogens (tertiary/aromatic N) is 2. The summed E-state index contributed by atoms with van der Waals surface area (Å²) >= 11 is 3.41. The highest BCUT2D eigenvalue weighted by molar-refractivity contribution is 9.10. The summed E-state index contributed by atoms with van der Waals surface area (Å²) in [5, 5.41) is 13.9. The van der Waals surface area contributed by atoms with Crippen molar-refractivity contribution >= 4 is 21.9 Å². The standard InChI is InChI=1S/C16H19BrN2O2/c1-11(2)19-7-6-15(18-19)10-13(16(20)21)8-12-4-3-5-14(17)9-12/h3-7,9,11,13H,8,10H2,1-2H3,(H,20,21). The van der Waals surface area contributed by atoms with Gasteiger partial charge in [0.15, 0.2) is 0 Å². The number of carbonyl (C=O) groups is 1. The average Bonchev–Trinajstić information content (AvgIpc) is 2.86. The average molecular weight is 351 g/mol. The van der Waals surface area contributed by atoms with Gasteiger partial charge < -0.3 is 5.11 Å². The number of carboxylic acid groups (broad SMARTS) is 1. The molecule has 0 aliphatic carbocycles. The van der Waals surface area contributed by atoms with Crippen LogP contribution in [-0.4, -0.2) is 20.9 Å². The van der Waals surface area contributed by atoms with Gasteiger partial charge in [0.2, 0.25) is 0 Å². The largest absolute Gasteiger partial charge is 0.481 e. The molecule has 0 spiro atoms. The van der Waals surface area contributed by atoms with E-state index in [9.17, 15) is 9.90 Å². The Kier molecular flexibility index (Phi) is 5.17. The molecule has 1 aromatic carbocycles. The number of carboxylic acids is 1. The molecule has 0 amide bonds. The first-order chi connectivity index (χ1) is 9.95. The summed E-state index contributed by atoms with van der Waals surface area (Å²) in [6.07, 6.45) is 2.85. The lowest BCUT2D eigenvalue weighted by Crippen LogP contribution is -2.19. The zero-order valence-electron chi connectivity index (χ0n) is 12.2. The van der Waals surface area contributed by atoms with Crippen molar-refractivity contribution in [2.24, 2.45) is 5.92 Å². The lowest BCUT2D eigenvalue weighted by Gasteiger charge is -2.11. The fourth-order valence-electron chi connectivity index (χ4n) is 2.22. The van der Waals surface area contributed by atoms with E-state index >= 15 is 0 Å². The third-order valence-electron chi connectivity index (χ3n) is 3.37. The van der Waals surface area contributed by atoms with E-state index in [4.69, 9.17) is 0 Å². The minimum atomic E-state index is -0.783. The van der Waals surface area contributed by atoms with Crippen molar-refractivity contribution in [1.82, 2.24) is 9.78 Å². The molecule has 1 heterocycles. The van der Waals surface area contributed by atoms with Gasteiger partial charge in [-0.25, -0.2) is 0 Å². The highest BCUT2D eigenvalue weighted by Gasteiger charge is 2.20. The highest BCUT2D eigenvalue weighted by atomic mass is 79.9. The number of hydrogen-bond donors (Lipinski definition) is 1. The van der Waals surface area contributed by atoms with E-state index in [1.165, 1.54) is 0 Å². The third kappa shape index (κ3) is 4.43. The van der Waals surface area contributed by atoms with Gasteiger partial charge >= 0.3 is 5.97 Å². The fourth-order valence-corrected chi connectivity index (χ4v) is 2.67. The molecule has 0 aliphatic rings. The maximum atomic E-state index is 11.5. The molecule has 0 bridgehead atoms. The summed E-state index contributed by atoms with van der Waals surface area (Å²) in [7, 11) is 0. The van der Waals surface area contributed by atoms with E-state index in [2.05, 4.69) is 21.0 Å². The Balaban J connectivity index is 2.10. The van der Waals surface area contributed by atoms with Crippen LogP contribution >= 0.6 is 15.9 Å². The van der Waals surface area contributed by atoms with Crippen molar-refractivity contribution in [2.75, 3.05) is 0 Å². The Morgan fingerprint density at radius 2 is 2.10 bits per heavy atom. The molecule has 5 heteroatoms. The molecule has 0 aliphatic heterocycles. The van der Waals surface area contributed by atoms with Gasteiger partial charge in [0.1, 0.15) is 0 Å². The van der Waals surface area contributed by atoms with Crippen molar-refractivity contribution in [2.45, 2.75) is 32.7 Å². The lowest BCUT2D eigenvalue weighted by molar-refractivity contribution is -0.141. The second kappa shape index (κ2) is 6.89. The Morgan fingerprint density at radius 3 is 2.67 bits per heavy atom. The van der Waals surface area contributed by atoms with E-state index in [1.54, 1.807) is 0 Å². The maximum Gasteiger partial charge on any atom is 0.307 e. The molecule has 2 aromatic rings. The molecule has 2 rings (SSSR count). The number of aliphatic carboxylic acids is 1. The molecule has 0 radical (unpaired) electrons. The summed E-state index contributed by atoms with van der Waals surface area (Å²) in [4.78, 5) is 11.5. The first-order valence-electron chi connectivity index (χ1n) is 6.97. The normalized spacial score (nSPS) is 12.6. The molecular formula is C16H19BrN2O2. The number of benzene rings is 1. The van der Waals surface area contributed by atoms with Crippen molar-refractivity contribution in [3.8, 4) is 0 Å². The first-order valence-corrected chi connectivity index (χ1v) is 7.76. The van der Waals surface area contributed by atoms with Gasteiger partial charge in [-0.2, -0.15) is 5.10 Å².